The maximum absolute atomic E-state index is 11.0. The molecule has 2 aromatic rings. The van der Waals surface area contributed by atoms with Gasteiger partial charge >= 0.3 is 5.97 Å². The number of carboxylic acid groups (broad SMARTS) is 1. The Morgan fingerprint density at radius 2 is 2.44 bits per heavy atom. The van der Waals surface area contributed by atoms with Crippen LogP contribution in [0.15, 0.2) is 12.4 Å². The minimum atomic E-state index is -0.999. The fourth-order valence-corrected chi connectivity index (χ4v) is 2.33. The van der Waals surface area contributed by atoms with E-state index in [4.69, 9.17) is 21.4 Å². The Bertz CT molecular complexity index is 600. The van der Waals surface area contributed by atoms with Crippen LogP contribution in [-0.2, 0) is 17.2 Å². The van der Waals surface area contributed by atoms with Crippen LogP contribution in [0.1, 0.15) is 22.6 Å². The van der Waals surface area contributed by atoms with E-state index in [1.54, 1.807) is 10.6 Å². The van der Waals surface area contributed by atoms with E-state index in [0.717, 1.165) is 18.7 Å². The van der Waals surface area contributed by atoms with Gasteiger partial charge in [0.25, 0.3) is 0 Å². The second kappa shape index (κ2) is 4.29. The average Bonchev–Trinajstić information content (AvgIpc) is 2.81. The molecule has 1 unspecified atom stereocenters. The summed E-state index contributed by atoms with van der Waals surface area (Å²) < 4.78 is 8.86. The number of fused-ring (bicyclic) bond motifs is 1. The molecular formula is C11H12ClN3O3. The monoisotopic (exact) mass is 269 g/mol. The molecule has 0 spiro atoms. The van der Waals surface area contributed by atoms with E-state index in [0.29, 0.717) is 18.2 Å². The number of aromatic nitrogens is 3. The predicted molar refractivity (Wildman–Crippen MR) is 64.1 cm³/mol. The van der Waals surface area contributed by atoms with Gasteiger partial charge in [-0.1, -0.05) is 0 Å². The number of alkyl halides is 1. The highest BCUT2D eigenvalue weighted by Crippen LogP contribution is 2.20. The van der Waals surface area contributed by atoms with Crippen molar-refractivity contribution in [2.24, 2.45) is 0 Å². The van der Waals surface area contributed by atoms with Gasteiger partial charge in [0.1, 0.15) is 0 Å². The summed E-state index contributed by atoms with van der Waals surface area (Å²) in [4.78, 5) is 15.2. The Balaban J connectivity index is 2.06. The van der Waals surface area contributed by atoms with Gasteiger partial charge in [-0.2, -0.15) is 0 Å². The van der Waals surface area contributed by atoms with Crippen LogP contribution in [0.3, 0.4) is 0 Å². The van der Waals surface area contributed by atoms with Crippen molar-refractivity contribution >= 4 is 23.3 Å². The van der Waals surface area contributed by atoms with Gasteiger partial charge in [0, 0.05) is 12.8 Å². The quantitative estimate of drug-likeness (QED) is 0.851. The first-order valence-electron chi connectivity index (χ1n) is 5.67. The molecule has 0 saturated carbocycles. The van der Waals surface area contributed by atoms with Crippen molar-refractivity contribution < 1.29 is 14.6 Å². The van der Waals surface area contributed by atoms with Crippen LogP contribution in [0.2, 0.25) is 0 Å². The zero-order valence-electron chi connectivity index (χ0n) is 9.54. The molecule has 7 heteroatoms. The summed E-state index contributed by atoms with van der Waals surface area (Å²) in [6, 6.07) is 0. The lowest BCUT2D eigenvalue weighted by Gasteiger charge is -2.27. The molecule has 0 radical (unpaired) electrons. The van der Waals surface area contributed by atoms with Crippen molar-refractivity contribution in [3.8, 4) is 0 Å². The Labute approximate surface area is 108 Å². The normalized spacial score (nSPS) is 19.1. The number of aromatic carboxylic acids is 1. The smallest absolute Gasteiger partial charge is 0.354 e. The Morgan fingerprint density at radius 3 is 3.00 bits per heavy atom. The van der Waals surface area contributed by atoms with E-state index in [-0.39, 0.29) is 11.8 Å². The maximum Gasteiger partial charge on any atom is 0.354 e. The lowest BCUT2D eigenvalue weighted by molar-refractivity contribution is -0.0589. The molecule has 1 fully saturated rings. The highest BCUT2D eigenvalue weighted by atomic mass is 35.5. The third-order valence-corrected chi connectivity index (χ3v) is 3.45. The Morgan fingerprint density at radius 1 is 1.67 bits per heavy atom. The molecular weight excluding hydrogens is 258 g/mol. The molecule has 6 nitrogen and oxygen atoms in total. The van der Waals surface area contributed by atoms with Crippen LogP contribution in [0.4, 0.5) is 0 Å². The van der Waals surface area contributed by atoms with E-state index < -0.39 is 5.97 Å². The van der Waals surface area contributed by atoms with Crippen LogP contribution in [0, 0.1) is 0 Å². The number of rotatable bonds is 4. The number of halogens is 1. The standard InChI is InChI=1S/C11H12ClN3O3/c12-3-7-5-15-9(10(16)17)4-13-11(15)14(7)6-8-1-2-18-8/h4-5,8H,1-3,6H2,(H,16,17). The van der Waals surface area contributed by atoms with Crippen molar-refractivity contribution in [3.63, 3.8) is 0 Å². The first-order chi connectivity index (χ1) is 8.70. The van der Waals surface area contributed by atoms with Gasteiger partial charge in [-0.05, 0) is 6.42 Å². The van der Waals surface area contributed by atoms with Crippen LogP contribution in [-0.4, -0.2) is 37.7 Å². The summed E-state index contributed by atoms with van der Waals surface area (Å²) in [5.41, 5.74) is 0.988. The van der Waals surface area contributed by atoms with Gasteiger partial charge < -0.3 is 14.4 Å². The lowest BCUT2D eigenvalue weighted by Crippen LogP contribution is -2.31. The number of hydrogen-bond donors (Lipinski definition) is 1. The lowest BCUT2D eigenvalue weighted by atomic mass is 10.2. The second-order valence-corrected chi connectivity index (χ2v) is 4.53. The molecule has 96 valence electrons. The van der Waals surface area contributed by atoms with E-state index in [1.165, 1.54) is 6.20 Å². The van der Waals surface area contributed by atoms with E-state index >= 15 is 0 Å². The summed E-state index contributed by atoms with van der Waals surface area (Å²) in [7, 11) is 0. The van der Waals surface area contributed by atoms with Gasteiger partial charge in [-0.25, -0.2) is 9.78 Å². The van der Waals surface area contributed by atoms with E-state index in [9.17, 15) is 4.79 Å². The highest BCUT2D eigenvalue weighted by molar-refractivity contribution is 6.16. The summed E-state index contributed by atoms with van der Waals surface area (Å²) in [5, 5.41) is 9.06. The van der Waals surface area contributed by atoms with Crippen molar-refractivity contribution in [1.29, 1.82) is 0 Å². The van der Waals surface area contributed by atoms with Gasteiger partial charge in [0.2, 0.25) is 5.78 Å². The molecule has 0 aromatic carbocycles. The number of carbonyl (C=O) groups is 1. The van der Waals surface area contributed by atoms with Crippen LogP contribution >= 0.6 is 11.6 Å². The zero-order chi connectivity index (χ0) is 12.7. The summed E-state index contributed by atoms with van der Waals surface area (Å²) >= 11 is 5.89. The number of hydrogen-bond acceptors (Lipinski definition) is 3. The molecule has 0 aliphatic carbocycles. The molecule has 2 aromatic heterocycles. The predicted octanol–water partition coefficient (Wildman–Crippen LogP) is 1.36. The van der Waals surface area contributed by atoms with Crippen molar-refractivity contribution in [2.75, 3.05) is 6.61 Å². The first kappa shape index (κ1) is 11.6. The van der Waals surface area contributed by atoms with Gasteiger partial charge in [-0.15, -0.1) is 11.6 Å². The number of carboxylic acids is 1. The number of nitrogens with zero attached hydrogens (tertiary/aromatic N) is 3. The molecule has 0 amide bonds. The summed E-state index contributed by atoms with van der Waals surface area (Å²) in [6.07, 6.45) is 4.26. The summed E-state index contributed by atoms with van der Waals surface area (Å²) in [5.74, 6) is -0.0889. The number of imidazole rings is 2. The van der Waals surface area contributed by atoms with E-state index in [2.05, 4.69) is 4.98 Å². The topological polar surface area (TPSA) is 68.8 Å². The molecule has 1 atom stereocenters. The Kier molecular flexibility index (Phi) is 2.76. The Hall–Kier alpha value is -1.53. The zero-order valence-corrected chi connectivity index (χ0v) is 10.3. The molecule has 3 heterocycles. The average molecular weight is 270 g/mol. The number of ether oxygens (including phenoxy) is 1. The molecule has 3 rings (SSSR count). The first-order valence-corrected chi connectivity index (χ1v) is 6.20. The van der Waals surface area contributed by atoms with Crippen molar-refractivity contribution in [2.45, 2.75) is 24.9 Å². The minimum Gasteiger partial charge on any atom is -0.477 e. The minimum absolute atomic E-state index is 0.143. The van der Waals surface area contributed by atoms with E-state index in [1.807, 2.05) is 4.57 Å². The highest BCUT2D eigenvalue weighted by Gasteiger charge is 2.23. The summed E-state index contributed by atoms with van der Waals surface area (Å²) in [6.45, 7) is 1.45. The van der Waals surface area contributed by atoms with Crippen molar-refractivity contribution in [1.82, 2.24) is 14.0 Å². The fraction of sp³-hybridized carbons (Fsp3) is 0.455. The molecule has 1 aliphatic heterocycles. The van der Waals surface area contributed by atoms with Crippen LogP contribution < -0.4 is 0 Å². The molecule has 1 aliphatic rings. The van der Waals surface area contributed by atoms with Crippen molar-refractivity contribution in [3.05, 3.63) is 23.8 Å². The molecule has 0 bridgehead atoms. The fourth-order valence-electron chi connectivity index (χ4n) is 2.12. The van der Waals surface area contributed by atoms with Crippen LogP contribution in [0.25, 0.3) is 5.78 Å². The second-order valence-electron chi connectivity index (χ2n) is 4.26. The molecule has 18 heavy (non-hydrogen) atoms. The van der Waals surface area contributed by atoms with Crippen LogP contribution in [0.5, 0.6) is 0 Å². The third kappa shape index (κ3) is 1.69. The van der Waals surface area contributed by atoms with Gasteiger partial charge in [0.05, 0.1) is 30.4 Å². The van der Waals surface area contributed by atoms with Gasteiger partial charge in [0.15, 0.2) is 5.69 Å². The molecule has 1 N–H and O–H groups in total. The van der Waals surface area contributed by atoms with Gasteiger partial charge in [-0.3, -0.25) is 4.40 Å². The SMILES string of the molecule is O=C(O)c1cnc2n(CC3CCO3)c(CCl)cn12. The molecule has 1 saturated heterocycles. The maximum atomic E-state index is 11.0. The largest absolute Gasteiger partial charge is 0.477 e. The third-order valence-electron chi connectivity index (χ3n) is 3.18.